The Morgan fingerprint density at radius 1 is 1.12 bits per heavy atom. The molecular formula is C20H17BrFNO2. The van der Waals surface area contributed by atoms with Crippen molar-refractivity contribution in [1.82, 2.24) is 4.90 Å². The Hall–Kier alpha value is -2.40. The summed E-state index contributed by atoms with van der Waals surface area (Å²) < 4.78 is 20.0. The van der Waals surface area contributed by atoms with Crippen LogP contribution >= 0.6 is 15.9 Å². The highest BCUT2D eigenvalue weighted by atomic mass is 79.9. The first-order valence-electron chi connectivity index (χ1n) is 7.84. The summed E-state index contributed by atoms with van der Waals surface area (Å²) in [5.41, 5.74) is 1.63. The minimum atomic E-state index is -0.335. The van der Waals surface area contributed by atoms with Crippen molar-refractivity contribution in [3.8, 4) is 11.3 Å². The first-order valence-corrected chi connectivity index (χ1v) is 8.63. The van der Waals surface area contributed by atoms with Gasteiger partial charge in [0.15, 0.2) is 0 Å². The first kappa shape index (κ1) is 17.4. The van der Waals surface area contributed by atoms with Crippen LogP contribution < -0.4 is 0 Å². The second-order valence-corrected chi connectivity index (χ2v) is 6.75. The topological polar surface area (TPSA) is 33.5 Å². The summed E-state index contributed by atoms with van der Waals surface area (Å²) in [4.78, 5) is 13.9. The van der Waals surface area contributed by atoms with Crippen LogP contribution in [0.5, 0.6) is 0 Å². The van der Waals surface area contributed by atoms with E-state index in [1.54, 1.807) is 24.1 Å². The van der Waals surface area contributed by atoms with Crippen molar-refractivity contribution in [3.05, 3.63) is 82.3 Å². The average Bonchev–Trinajstić information content (AvgIpc) is 3.04. The van der Waals surface area contributed by atoms with E-state index in [1.165, 1.54) is 12.1 Å². The number of halogens is 2. The Bertz CT molecular complexity index is 873. The number of carbonyl (C=O) groups excluding carboxylic acids is 1. The second-order valence-electron chi connectivity index (χ2n) is 5.83. The lowest BCUT2D eigenvalue weighted by molar-refractivity contribution is -0.129. The van der Waals surface area contributed by atoms with Crippen molar-refractivity contribution < 1.29 is 13.6 Å². The Kier molecular flexibility index (Phi) is 5.34. The third-order valence-electron chi connectivity index (χ3n) is 3.85. The van der Waals surface area contributed by atoms with Crippen molar-refractivity contribution in [2.45, 2.75) is 13.0 Å². The lowest BCUT2D eigenvalue weighted by atomic mass is 10.1. The van der Waals surface area contributed by atoms with Crippen molar-refractivity contribution in [2.75, 3.05) is 7.05 Å². The van der Waals surface area contributed by atoms with E-state index in [9.17, 15) is 9.18 Å². The molecule has 0 aliphatic heterocycles. The number of rotatable bonds is 5. The summed E-state index contributed by atoms with van der Waals surface area (Å²) in [5, 5.41) is 0. The summed E-state index contributed by atoms with van der Waals surface area (Å²) in [7, 11) is 1.71. The maximum Gasteiger partial charge on any atom is 0.227 e. The van der Waals surface area contributed by atoms with Gasteiger partial charge in [0.05, 0.1) is 13.0 Å². The molecule has 25 heavy (non-hydrogen) atoms. The Labute approximate surface area is 154 Å². The number of hydrogen-bond donors (Lipinski definition) is 0. The summed E-state index contributed by atoms with van der Waals surface area (Å²) >= 11 is 3.41. The summed E-state index contributed by atoms with van der Waals surface area (Å²) in [6, 6.07) is 17.7. The highest BCUT2D eigenvalue weighted by Gasteiger charge is 2.13. The van der Waals surface area contributed by atoms with Crippen molar-refractivity contribution >= 4 is 21.8 Å². The van der Waals surface area contributed by atoms with Crippen LogP contribution in [0, 0.1) is 5.82 Å². The summed E-state index contributed by atoms with van der Waals surface area (Å²) in [5.74, 6) is 1.03. The van der Waals surface area contributed by atoms with Gasteiger partial charge in [-0.05, 0) is 42.0 Å². The zero-order valence-corrected chi connectivity index (χ0v) is 15.3. The van der Waals surface area contributed by atoms with Crippen molar-refractivity contribution in [3.63, 3.8) is 0 Å². The van der Waals surface area contributed by atoms with Crippen LogP contribution in [0.25, 0.3) is 11.3 Å². The monoisotopic (exact) mass is 401 g/mol. The molecule has 1 heterocycles. The molecule has 1 amide bonds. The number of carbonyl (C=O) groups is 1. The third-order valence-corrected chi connectivity index (χ3v) is 4.38. The van der Waals surface area contributed by atoms with E-state index < -0.39 is 0 Å². The fourth-order valence-electron chi connectivity index (χ4n) is 2.51. The predicted molar refractivity (Wildman–Crippen MR) is 98.4 cm³/mol. The van der Waals surface area contributed by atoms with Crippen LogP contribution in [0.3, 0.4) is 0 Å². The van der Waals surface area contributed by atoms with Gasteiger partial charge < -0.3 is 9.32 Å². The molecule has 0 radical (unpaired) electrons. The van der Waals surface area contributed by atoms with Gasteiger partial charge in [-0.3, -0.25) is 4.79 Å². The molecule has 0 saturated carbocycles. The molecule has 128 valence electrons. The number of amides is 1. The maximum atomic E-state index is 13.2. The predicted octanol–water partition coefficient (Wildman–Crippen LogP) is 5.05. The SMILES string of the molecule is CN(Cc1ccc(-c2ccc(Br)cc2)o1)C(=O)Cc1cccc(F)c1. The summed E-state index contributed by atoms with van der Waals surface area (Å²) in [6.07, 6.45) is 0.161. The van der Waals surface area contributed by atoms with Crippen LogP contribution in [-0.4, -0.2) is 17.9 Å². The molecule has 0 N–H and O–H groups in total. The van der Waals surface area contributed by atoms with Crippen LogP contribution in [0.4, 0.5) is 4.39 Å². The molecular weight excluding hydrogens is 385 g/mol. The van der Waals surface area contributed by atoms with Gasteiger partial charge in [-0.2, -0.15) is 0 Å². The molecule has 0 saturated heterocycles. The molecule has 2 aromatic carbocycles. The third kappa shape index (κ3) is 4.57. The number of hydrogen-bond acceptors (Lipinski definition) is 2. The minimum Gasteiger partial charge on any atom is -0.459 e. The minimum absolute atomic E-state index is 0.0906. The van der Waals surface area contributed by atoms with Crippen molar-refractivity contribution in [1.29, 1.82) is 0 Å². The molecule has 0 bridgehead atoms. The van der Waals surface area contributed by atoms with Gasteiger partial charge in [0.25, 0.3) is 0 Å². The van der Waals surface area contributed by atoms with Crippen LogP contribution in [0.2, 0.25) is 0 Å². The van der Waals surface area contributed by atoms with E-state index >= 15 is 0 Å². The quantitative estimate of drug-likeness (QED) is 0.599. The van der Waals surface area contributed by atoms with E-state index in [1.807, 2.05) is 36.4 Å². The van der Waals surface area contributed by atoms with E-state index in [0.29, 0.717) is 17.9 Å². The molecule has 1 aromatic heterocycles. The molecule has 0 spiro atoms. The molecule has 3 nitrogen and oxygen atoms in total. The number of nitrogens with zero attached hydrogens (tertiary/aromatic N) is 1. The Balaban J connectivity index is 1.63. The highest BCUT2D eigenvalue weighted by Crippen LogP contribution is 2.24. The van der Waals surface area contributed by atoms with Gasteiger partial charge in [0.1, 0.15) is 17.3 Å². The standard InChI is InChI=1S/C20H17BrFNO2/c1-23(20(24)12-14-3-2-4-17(22)11-14)13-18-9-10-19(25-18)15-5-7-16(21)8-6-15/h2-11H,12-13H2,1H3. The van der Waals surface area contributed by atoms with Gasteiger partial charge in [-0.15, -0.1) is 0 Å². The zero-order chi connectivity index (χ0) is 17.8. The normalized spacial score (nSPS) is 10.7. The number of likely N-dealkylation sites (N-methyl/N-ethyl adjacent to an activating group) is 1. The smallest absolute Gasteiger partial charge is 0.227 e. The molecule has 0 aliphatic carbocycles. The largest absolute Gasteiger partial charge is 0.459 e. The molecule has 5 heteroatoms. The van der Waals surface area contributed by atoms with E-state index in [0.717, 1.165) is 15.8 Å². The highest BCUT2D eigenvalue weighted by molar-refractivity contribution is 9.10. The first-order chi connectivity index (χ1) is 12.0. The fraction of sp³-hybridized carbons (Fsp3) is 0.150. The van der Waals surface area contributed by atoms with E-state index in [2.05, 4.69) is 15.9 Å². The fourth-order valence-corrected chi connectivity index (χ4v) is 2.77. The van der Waals surface area contributed by atoms with Crippen LogP contribution in [0.15, 0.2) is 69.6 Å². The van der Waals surface area contributed by atoms with E-state index in [4.69, 9.17) is 4.42 Å². The number of furan rings is 1. The molecule has 0 unspecified atom stereocenters. The van der Waals surface area contributed by atoms with E-state index in [-0.39, 0.29) is 18.1 Å². The van der Waals surface area contributed by atoms with Gasteiger partial charge in [-0.25, -0.2) is 4.39 Å². The molecule has 0 atom stereocenters. The Morgan fingerprint density at radius 2 is 1.88 bits per heavy atom. The second kappa shape index (κ2) is 7.66. The lowest BCUT2D eigenvalue weighted by Crippen LogP contribution is -2.27. The molecule has 0 fully saturated rings. The van der Waals surface area contributed by atoms with Gasteiger partial charge >= 0.3 is 0 Å². The molecule has 0 aliphatic rings. The van der Waals surface area contributed by atoms with Crippen LogP contribution in [-0.2, 0) is 17.8 Å². The lowest BCUT2D eigenvalue weighted by Gasteiger charge is -2.15. The van der Waals surface area contributed by atoms with Crippen LogP contribution in [0.1, 0.15) is 11.3 Å². The van der Waals surface area contributed by atoms with Gasteiger partial charge in [-0.1, -0.05) is 40.2 Å². The molecule has 3 rings (SSSR count). The number of benzene rings is 2. The molecule has 3 aromatic rings. The maximum absolute atomic E-state index is 13.2. The summed E-state index contributed by atoms with van der Waals surface area (Å²) in [6.45, 7) is 0.366. The Morgan fingerprint density at radius 3 is 2.60 bits per heavy atom. The zero-order valence-electron chi connectivity index (χ0n) is 13.7. The van der Waals surface area contributed by atoms with Gasteiger partial charge in [0.2, 0.25) is 5.91 Å². The van der Waals surface area contributed by atoms with Crippen molar-refractivity contribution in [2.24, 2.45) is 0 Å². The van der Waals surface area contributed by atoms with Gasteiger partial charge in [0, 0.05) is 17.1 Å². The average molecular weight is 402 g/mol.